The zero-order valence-electron chi connectivity index (χ0n) is 14.2. The van der Waals surface area contributed by atoms with Gasteiger partial charge in [0.1, 0.15) is 5.75 Å². The maximum Gasteiger partial charge on any atom is 0.255 e. The molecule has 1 aliphatic rings. The maximum atomic E-state index is 12.9. The fraction of sp³-hybridized carbons (Fsp3) is 0.350. The number of likely N-dealkylation sites (tertiary alicyclic amines) is 1. The summed E-state index contributed by atoms with van der Waals surface area (Å²) in [6.07, 6.45) is 3.18. The largest absolute Gasteiger partial charge is 0.497 e. The number of hydrogen-bond donors (Lipinski definition) is 0. The molecule has 0 aliphatic carbocycles. The second kappa shape index (κ2) is 8.11. The summed E-state index contributed by atoms with van der Waals surface area (Å²) in [5.41, 5.74) is 1.75. The first kappa shape index (κ1) is 18.1. The van der Waals surface area contributed by atoms with Crippen molar-refractivity contribution in [1.82, 2.24) is 4.90 Å². The van der Waals surface area contributed by atoms with Gasteiger partial charge in [-0.25, -0.2) is 0 Å². The highest BCUT2D eigenvalue weighted by Gasteiger charge is 2.25. The van der Waals surface area contributed by atoms with Gasteiger partial charge in [0.25, 0.3) is 5.91 Å². The summed E-state index contributed by atoms with van der Waals surface area (Å²) >= 11 is 12.2. The molecule has 2 aromatic carbocycles. The van der Waals surface area contributed by atoms with E-state index >= 15 is 0 Å². The summed E-state index contributed by atoms with van der Waals surface area (Å²) in [6.45, 7) is 1.45. The van der Waals surface area contributed by atoms with E-state index in [1.165, 1.54) is 5.56 Å². The van der Waals surface area contributed by atoms with Crippen LogP contribution in [0.2, 0.25) is 10.0 Å². The highest BCUT2D eigenvalue weighted by Crippen LogP contribution is 2.30. The monoisotopic (exact) mass is 377 g/mol. The third kappa shape index (κ3) is 4.28. The first-order valence-corrected chi connectivity index (χ1v) is 9.22. The molecule has 3 nitrogen and oxygen atoms in total. The first-order chi connectivity index (χ1) is 12.1. The quantitative estimate of drug-likeness (QED) is 0.715. The molecule has 0 N–H and O–H groups in total. The highest BCUT2D eigenvalue weighted by molar-refractivity contribution is 6.36. The summed E-state index contributed by atoms with van der Waals surface area (Å²) in [6, 6.07) is 13.2. The number of hydrogen-bond acceptors (Lipinski definition) is 2. The summed E-state index contributed by atoms with van der Waals surface area (Å²) in [5, 5.41) is 0.941. The van der Waals surface area contributed by atoms with Crippen LogP contribution in [0.3, 0.4) is 0 Å². The van der Waals surface area contributed by atoms with Crippen LogP contribution in [0.1, 0.15) is 41.1 Å². The predicted molar refractivity (Wildman–Crippen MR) is 102 cm³/mol. The number of nitrogens with zero attached hydrogens (tertiary/aromatic N) is 1. The van der Waals surface area contributed by atoms with Gasteiger partial charge in [0.15, 0.2) is 0 Å². The Kier molecular flexibility index (Phi) is 5.87. The minimum absolute atomic E-state index is 0.0259. The lowest BCUT2D eigenvalue weighted by Gasteiger charge is -2.25. The number of amides is 1. The molecule has 1 atom stereocenters. The number of carbonyl (C=O) groups excluding carboxylic acids is 1. The van der Waals surface area contributed by atoms with E-state index < -0.39 is 0 Å². The zero-order chi connectivity index (χ0) is 17.8. The van der Waals surface area contributed by atoms with Crippen LogP contribution >= 0.6 is 23.2 Å². The minimum atomic E-state index is -0.0259. The third-order valence-corrected chi connectivity index (χ3v) is 5.26. The standard InChI is InChI=1S/C20H21Cl2NO2/c1-25-17-8-5-14(6-9-17)15-4-2-3-11-23(13-15)20(24)18-10-7-16(21)12-19(18)22/h5-10,12,15H,2-4,11,13H2,1H3. The van der Waals surface area contributed by atoms with Gasteiger partial charge in [0, 0.05) is 24.0 Å². The van der Waals surface area contributed by atoms with E-state index in [1.807, 2.05) is 17.0 Å². The Hall–Kier alpha value is -1.71. The molecule has 3 rings (SSSR count). The van der Waals surface area contributed by atoms with Crippen molar-refractivity contribution in [2.75, 3.05) is 20.2 Å². The van der Waals surface area contributed by atoms with E-state index in [0.717, 1.165) is 31.6 Å². The van der Waals surface area contributed by atoms with Crippen molar-refractivity contribution in [2.24, 2.45) is 0 Å². The van der Waals surface area contributed by atoms with Crippen LogP contribution in [0, 0.1) is 0 Å². The van der Waals surface area contributed by atoms with E-state index in [9.17, 15) is 4.79 Å². The van der Waals surface area contributed by atoms with Crippen molar-refractivity contribution in [3.05, 3.63) is 63.6 Å². The van der Waals surface area contributed by atoms with Gasteiger partial charge in [-0.15, -0.1) is 0 Å². The van der Waals surface area contributed by atoms with Gasteiger partial charge in [-0.2, -0.15) is 0 Å². The normalized spacial score (nSPS) is 17.9. The summed E-state index contributed by atoms with van der Waals surface area (Å²) in [5.74, 6) is 1.14. The lowest BCUT2D eigenvalue weighted by Crippen LogP contribution is -2.34. The molecule has 5 heteroatoms. The van der Waals surface area contributed by atoms with Crippen LogP contribution in [0.4, 0.5) is 0 Å². The summed E-state index contributed by atoms with van der Waals surface area (Å²) in [7, 11) is 1.66. The van der Waals surface area contributed by atoms with E-state index in [-0.39, 0.29) is 5.91 Å². The Morgan fingerprint density at radius 3 is 2.56 bits per heavy atom. The molecule has 1 fully saturated rings. The van der Waals surface area contributed by atoms with Crippen LogP contribution in [0.15, 0.2) is 42.5 Å². The Balaban J connectivity index is 1.80. The highest BCUT2D eigenvalue weighted by atomic mass is 35.5. The zero-order valence-corrected chi connectivity index (χ0v) is 15.7. The van der Waals surface area contributed by atoms with E-state index in [4.69, 9.17) is 27.9 Å². The van der Waals surface area contributed by atoms with Crippen molar-refractivity contribution in [3.63, 3.8) is 0 Å². The van der Waals surface area contributed by atoms with Crippen molar-refractivity contribution in [2.45, 2.75) is 25.2 Å². The first-order valence-electron chi connectivity index (χ1n) is 8.47. The number of methoxy groups -OCH3 is 1. The molecule has 1 heterocycles. The molecular weight excluding hydrogens is 357 g/mol. The fourth-order valence-electron chi connectivity index (χ4n) is 3.31. The molecule has 2 aromatic rings. The molecule has 1 amide bonds. The second-order valence-corrected chi connectivity index (χ2v) is 7.18. The molecule has 0 radical (unpaired) electrons. The lowest BCUT2D eigenvalue weighted by molar-refractivity contribution is 0.0754. The Bertz CT molecular complexity index is 746. The molecule has 1 saturated heterocycles. The molecule has 132 valence electrons. The third-order valence-electron chi connectivity index (χ3n) is 4.71. The van der Waals surface area contributed by atoms with Crippen LogP contribution < -0.4 is 4.74 Å². The average Bonchev–Trinajstić information content (AvgIpc) is 2.87. The Labute approximate surface area is 158 Å². The number of rotatable bonds is 3. The second-order valence-electron chi connectivity index (χ2n) is 6.34. The van der Waals surface area contributed by atoms with Gasteiger partial charge < -0.3 is 9.64 Å². The number of benzene rings is 2. The van der Waals surface area contributed by atoms with Gasteiger partial charge in [0.05, 0.1) is 17.7 Å². The molecule has 0 saturated carbocycles. The molecule has 0 spiro atoms. The SMILES string of the molecule is COc1ccc(C2CCCCN(C(=O)c3ccc(Cl)cc3Cl)C2)cc1. The van der Waals surface area contributed by atoms with E-state index in [2.05, 4.69) is 12.1 Å². The molecule has 0 aromatic heterocycles. The van der Waals surface area contributed by atoms with Gasteiger partial charge in [0.2, 0.25) is 0 Å². The van der Waals surface area contributed by atoms with Gasteiger partial charge in [-0.3, -0.25) is 4.79 Å². The average molecular weight is 378 g/mol. The number of ether oxygens (including phenoxy) is 1. The van der Waals surface area contributed by atoms with Gasteiger partial charge in [-0.05, 0) is 48.7 Å². The molecule has 1 unspecified atom stereocenters. The van der Waals surface area contributed by atoms with Crippen molar-refractivity contribution in [1.29, 1.82) is 0 Å². The predicted octanol–water partition coefficient (Wildman–Crippen LogP) is 5.41. The number of halogens is 2. The lowest BCUT2D eigenvalue weighted by atomic mass is 9.94. The Morgan fingerprint density at radius 1 is 1.12 bits per heavy atom. The maximum absolute atomic E-state index is 12.9. The molecular formula is C20H21Cl2NO2. The Morgan fingerprint density at radius 2 is 1.88 bits per heavy atom. The molecule has 0 bridgehead atoms. The van der Waals surface area contributed by atoms with E-state index in [1.54, 1.807) is 25.3 Å². The molecule has 25 heavy (non-hydrogen) atoms. The fourth-order valence-corrected chi connectivity index (χ4v) is 3.80. The van der Waals surface area contributed by atoms with Gasteiger partial charge >= 0.3 is 0 Å². The molecule has 1 aliphatic heterocycles. The van der Waals surface area contributed by atoms with Crippen molar-refractivity contribution < 1.29 is 9.53 Å². The van der Waals surface area contributed by atoms with Crippen LogP contribution in [0.25, 0.3) is 0 Å². The van der Waals surface area contributed by atoms with E-state index in [0.29, 0.717) is 28.1 Å². The van der Waals surface area contributed by atoms with Crippen molar-refractivity contribution in [3.8, 4) is 5.75 Å². The van der Waals surface area contributed by atoms with Crippen LogP contribution in [-0.4, -0.2) is 31.0 Å². The van der Waals surface area contributed by atoms with Crippen molar-refractivity contribution >= 4 is 29.1 Å². The topological polar surface area (TPSA) is 29.5 Å². The smallest absolute Gasteiger partial charge is 0.255 e. The van der Waals surface area contributed by atoms with Crippen LogP contribution in [-0.2, 0) is 0 Å². The summed E-state index contributed by atoms with van der Waals surface area (Å²) in [4.78, 5) is 14.9. The summed E-state index contributed by atoms with van der Waals surface area (Å²) < 4.78 is 5.23. The van der Waals surface area contributed by atoms with Crippen LogP contribution in [0.5, 0.6) is 5.75 Å². The minimum Gasteiger partial charge on any atom is -0.497 e. The van der Waals surface area contributed by atoms with Gasteiger partial charge in [-0.1, -0.05) is 41.8 Å². The number of carbonyl (C=O) groups is 1.